The summed E-state index contributed by atoms with van der Waals surface area (Å²) in [5.74, 6) is 0.870. The van der Waals surface area contributed by atoms with Crippen molar-refractivity contribution in [2.24, 2.45) is 0 Å². The van der Waals surface area contributed by atoms with Gasteiger partial charge in [0.15, 0.2) is 0 Å². The SMILES string of the molecule is Clc1ccc(COc2ccccc2CNNc2ccccc2)cc1. The van der Waals surface area contributed by atoms with Crippen molar-refractivity contribution in [3.05, 3.63) is 95.0 Å². The highest BCUT2D eigenvalue weighted by atomic mass is 35.5. The molecule has 0 aliphatic heterocycles. The number of rotatable bonds is 7. The lowest BCUT2D eigenvalue weighted by Gasteiger charge is -2.13. The van der Waals surface area contributed by atoms with Gasteiger partial charge in [-0.15, -0.1) is 0 Å². The van der Waals surface area contributed by atoms with Crippen LogP contribution in [0.5, 0.6) is 5.75 Å². The standard InChI is InChI=1S/C20H19ClN2O/c21-18-12-10-16(11-13-18)15-24-20-9-5-4-6-17(20)14-22-23-19-7-2-1-3-8-19/h1-13,22-23H,14-15H2. The van der Waals surface area contributed by atoms with Crippen molar-refractivity contribution in [3.63, 3.8) is 0 Å². The second-order valence-corrected chi connectivity index (χ2v) is 5.80. The van der Waals surface area contributed by atoms with Crippen LogP contribution in [0.25, 0.3) is 0 Å². The normalized spacial score (nSPS) is 10.4. The van der Waals surface area contributed by atoms with Gasteiger partial charge in [0.25, 0.3) is 0 Å². The van der Waals surface area contributed by atoms with E-state index in [4.69, 9.17) is 16.3 Å². The Balaban J connectivity index is 1.57. The van der Waals surface area contributed by atoms with E-state index in [1.54, 1.807) is 0 Å². The summed E-state index contributed by atoms with van der Waals surface area (Å²) in [5, 5.41) is 0.732. The highest BCUT2D eigenvalue weighted by Crippen LogP contribution is 2.20. The first kappa shape index (κ1) is 16.4. The zero-order valence-electron chi connectivity index (χ0n) is 13.2. The van der Waals surface area contributed by atoms with Gasteiger partial charge in [-0.2, -0.15) is 0 Å². The second-order valence-electron chi connectivity index (χ2n) is 5.37. The number of halogens is 1. The molecule has 3 nitrogen and oxygen atoms in total. The number of benzene rings is 3. The van der Waals surface area contributed by atoms with Crippen molar-refractivity contribution in [2.45, 2.75) is 13.2 Å². The Hall–Kier alpha value is -2.49. The topological polar surface area (TPSA) is 33.3 Å². The molecule has 3 aromatic carbocycles. The Bertz CT molecular complexity index is 760. The summed E-state index contributed by atoms with van der Waals surface area (Å²) in [7, 11) is 0. The second kappa shape index (κ2) is 8.39. The lowest BCUT2D eigenvalue weighted by Crippen LogP contribution is -2.21. The molecule has 0 fully saturated rings. The molecule has 0 aliphatic carbocycles. The van der Waals surface area contributed by atoms with E-state index in [1.165, 1.54) is 0 Å². The number of hydrogen-bond donors (Lipinski definition) is 2. The highest BCUT2D eigenvalue weighted by Gasteiger charge is 2.03. The largest absolute Gasteiger partial charge is 0.489 e. The van der Waals surface area contributed by atoms with Gasteiger partial charge in [0.1, 0.15) is 12.4 Å². The zero-order chi connectivity index (χ0) is 16.6. The number of ether oxygens (including phenoxy) is 1. The van der Waals surface area contributed by atoms with Crippen LogP contribution in [0.15, 0.2) is 78.9 Å². The molecule has 0 saturated carbocycles. The molecule has 0 saturated heterocycles. The van der Waals surface area contributed by atoms with Crippen molar-refractivity contribution < 1.29 is 4.74 Å². The van der Waals surface area contributed by atoms with Crippen LogP contribution in [0.1, 0.15) is 11.1 Å². The lowest BCUT2D eigenvalue weighted by molar-refractivity contribution is 0.302. The van der Waals surface area contributed by atoms with Gasteiger partial charge in [-0.3, -0.25) is 0 Å². The van der Waals surface area contributed by atoms with Crippen molar-refractivity contribution in [1.29, 1.82) is 0 Å². The van der Waals surface area contributed by atoms with Crippen molar-refractivity contribution in [3.8, 4) is 5.75 Å². The molecule has 0 atom stereocenters. The Kier molecular flexibility index (Phi) is 5.72. The Morgan fingerprint density at radius 1 is 0.792 bits per heavy atom. The van der Waals surface area contributed by atoms with E-state index >= 15 is 0 Å². The van der Waals surface area contributed by atoms with Crippen molar-refractivity contribution in [1.82, 2.24) is 5.43 Å². The molecule has 3 aromatic rings. The van der Waals surface area contributed by atoms with Crippen LogP contribution in [0.4, 0.5) is 5.69 Å². The molecule has 3 rings (SSSR count). The predicted octanol–water partition coefficient (Wildman–Crippen LogP) is 5.04. The number of nitrogens with one attached hydrogen (secondary N) is 2. The first-order valence-corrected chi connectivity index (χ1v) is 8.18. The summed E-state index contributed by atoms with van der Waals surface area (Å²) in [6.07, 6.45) is 0. The zero-order valence-corrected chi connectivity index (χ0v) is 14.0. The third-order valence-electron chi connectivity index (χ3n) is 3.57. The molecule has 2 N–H and O–H groups in total. The van der Waals surface area contributed by atoms with Gasteiger partial charge in [0.2, 0.25) is 0 Å². The third-order valence-corrected chi connectivity index (χ3v) is 3.82. The quantitative estimate of drug-likeness (QED) is 0.592. The van der Waals surface area contributed by atoms with E-state index in [0.29, 0.717) is 13.2 Å². The van der Waals surface area contributed by atoms with Gasteiger partial charge >= 0.3 is 0 Å². The molecular formula is C20H19ClN2O. The van der Waals surface area contributed by atoms with E-state index in [-0.39, 0.29) is 0 Å². The van der Waals surface area contributed by atoms with Gasteiger partial charge in [-0.25, -0.2) is 5.43 Å². The smallest absolute Gasteiger partial charge is 0.124 e. The van der Waals surface area contributed by atoms with Crippen LogP contribution in [0, 0.1) is 0 Å². The summed E-state index contributed by atoms with van der Waals surface area (Å²) < 4.78 is 5.95. The summed E-state index contributed by atoms with van der Waals surface area (Å²) >= 11 is 5.91. The van der Waals surface area contributed by atoms with Crippen LogP contribution in [-0.2, 0) is 13.2 Å². The Morgan fingerprint density at radius 3 is 2.29 bits per heavy atom. The number of hydrogen-bond acceptors (Lipinski definition) is 3. The van der Waals surface area contributed by atoms with Gasteiger partial charge in [-0.05, 0) is 35.9 Å². The monoisotopic (exact) mass is 338 g/mol. The van der Waals surface area contributed by atoms with Gasteiger partial charge < -0.3 is 10.2 Å². The van der Waals surface area contributed by atoms with E-state index in [9.17, 15) is 0 Å². The average molecular weight is 339 g/mol. The van der Waals surface area contributed by atoms with E-state index in [2.05, 4.69) is 16.9 Å². The van der Waals surface area contributed by atoms with Crippen LogP contribution in [-0.4, -0.2) is 0 Å². The summed E-state index contributed by atoms with van der Waals surface area (Å²) in [5.41, 5.74) is 9.60. The maximum atomic E-state index is 5.95. The minimum absolute atomic E-state index is 0.514. The molecule has 122 valence electrons. The number of hydrazine groups is 1. The summed E-state index contributed by atoms with van der Waals surface area (Å²) in [6, 6.07) is 25.7. The molecule has 0 radical (unpaired) electrons. The van der Waals surface area contributed by atoms with Gasteiger partial charge in [0.05, 0.1) is 0 Å². The van der Waals surface area contributed by atoms with E-state index < -0.39 is 0 Å². The molecule has 0 heterocycles. The Labute approximate surface area is 147 Å². The molecule has 4 heteroatoms. The molecule has 0 bridgehead atoms. The molecule has 0 unspecified atom stereocenters. The van der Waals surface area contributed by atoms with Crippen LogP contribution >= 0.6 is 11.6 Å². The predicted molar refractivity (Wildman–Crippen MR) is 99.1 cm³/mol. The van der Waals surface area contributed by atoms with E-state index in [1.807, 2.05) is 72.8 Å². The Morgan fingerprint density at radius 2 is 1.50 bits per heavy atom. The first-order chi connectivity index (χ1) is 11.8. The highest BCUT2D eigenvalue weighted by molar-refractivity contribution is 6.30. The molecule has 24 heavy (non-hydrogen) atoms. The number of anilines is 1. The fourth-order valence-electron chi connectivity index (χ4n) is 2.30. The maximum absolute atomic E-state index is 5.95. The molecular weight excluding hydrogens is 320 g/mol. The van der Waals surface area contributed by atoms with Crippen LogP contribution < -0.4 is 15.6 Å². The van der Waals surface area contributed by atoms with E-state index in [0.717, 1.165) is 27.6 Å². The summed E-state index contributed by atoms with van der Waals surface area (Å²) in [4.78, 5) is 0. The van der Waals surface area contributed by atoms with Crippen LogP contribution in [0.3, 0.4) is 0 Å². The van der Waals surface area contributed by atoms with Crippen LogP contribution in [0.2, 0.25) is 5.02 Å². The maximum Gasteiger partial charge on any atom is 0.124 e. The average Bonchev–Trinajstić information content (AvgIpc) is 2.63. The minimum atomic E-state index is 0.514. The fraction of sp³-hybridized carbons (Fsp3) is 0.100. The fourth-order valence-corrected chi connectivity index (χ4v) is 2.42. The number of para-hydroxylation sites is 2. The molecule has 0 aromatic heterocycles. The summed E-state index contributed by atoms with van der Waals surface area (Å²) in [6.45, 7) is 1.17. The minimum Gasteiger partial charge on any atom is -0.489 e. The van der Waals surface area contributed by atoms with Gasteiger partial charge in [-0.1, -0.05) is 60.1 Å². The molecule has 0 spiro atoms. The first-order valence-electron chi connectivity index (χ1n) is 7.80. The van der Waals surface area contributed by atoms with Crippen molar-refractivity contribution in [2.75, 3.05) is 5.43 Å². The third kappa shape index (κ3) is 4.75. The molecule has 0 amide bonds. The lowest BCUT2D eigenvalue weighted by atomic mass is 10.2. The molecule has 0 aliphatic rings. The van der Waals surface area contributed by atoms with Crippen molar-refractivity contribution >= 4 is 17.3 Å². The van der Waals surface area contributed by atoms with Gasteiger partial charge in [0, 0.05) is 22.8 Å².